The molecule has 0 bridgehead atoms. The zero-order valence-electron chi connectivity index (χ0n) is 16.6. The fourth-order valence-electron chi connectivity index (χ4n) is 2.37. The number of nitrogens with zero attached hydrogens (tertiary/aromatic N) is 1. The van der Waals surface area contributed by atoms with E-state index in [0.717, 1.165) is 0 Å². The summed E-state index contributed by atoms with van der Waals surface area (Å²) in [6.07, 6.45) is 0. The molecule has 162 valence electrons. The molecule has 0 radical (unpaired) electrons. The summed E-state index contributed by atoms with van der Waals surface area (Å²) < 4.78 is 29.2. The van der Waals surface area contributed by atoms with Crippen LogP contribution in [-0.4, -0.2) is 30.0 Å². The maximum Gasteiger partial charge on any atom is 0.289 e. The number of thiazole rings is 1. The zero-order valence-corrected chi connectivity index (χ0v) is 17.4. The summed E-state index contributed by atoms with van der Waals surface area (Å²) in [6.45, 7) is 2.13. The molecule has 0 saturated heterocycles. The molecule has 0 saturated carbocycles. The lowest BCUT2D eigenvalue weighted by Crippen LogP contribution is -2.44. The molecule has 0 aliphatic carbocycles. The summed E-state index contributed by atoms with van der Waals surface area (Å²) in [4.78, 5) is 28.3. The number of ether oxygens (including phenoxy) is 3. The molecule has 0 fully saturated rings. The van der Waals surface area contributed by atoms with E-state index in [1.54, 1.807) is 29.6 Å². The van der Waals surface area contributed by atoms with E-state index in [9.17, 15) is 14.0 Å². The van der Waals surface area contributed by atoms with Gasteiger partial charge in [-0.2, -0.15) is 0 Å². The quantitative estimate of drug-likeness (QED) is 0.491. The van der Waals surface area contributed by atoms with Crippen molar-refractivity contribution in [2.45, 2.75) is 13.5 Å². The van der Waals surface area contributed by atoms with Gasteiger partial charge in [0.15, 0.2) is 18.1 Å². The van der Waals surface area contributed by atoms with Crippen molar-refractivity contribution in [3.05, 3.63) is 70.4 Å². The number of hydrazine groups is 1. The Balaban J connectivity index is 1.43. The number of hydrogen-bond acceptors (Lipinski definition) is 7. The Labute approximate surface area is 181 Å². The summed E-state index contributed by atoms with van der Waals surface area (Å²) in [5.74, 6) is -0.0369. The van der Waals surface area contributed by atoms with Crippen molar-refractivity contribution in [3.63, 3.8) is 0 Å². The van der Waals surface area contributed by atoms with Gasteiger partial charge in [-0.1, -0.05) is 12.1 Å². The summed E-state index contributed by atoms with van der Waals surface area (Å²) in [5, 5.41) is 2.09. The van der Waals surface area contributed by atoms with E-state index in [-0.39, 0.29) is 24.7 Å². The molecular weight excluding hydrogens is 425 g/mol. The molecule has 8 nitrogen and oxygen atoms in total. The Kier molecular flexibility index (Phi) is 7.77. The number of hydrogen-bond donors (Lipinski definition) is 2. The van der Waals surface area contributed by atoms with Gasteiger partial charge in [-0.3, -0.25) is 20.4 Å². The molecule has 1 heterocycles. The fourth-order valence-corrected chi connectivity index (χ4v) is 3.06. The minimum Gasteiger partial charge on any atom is -0.490 e. The van der Waals surface area contributed by atoms with Crippen LogP contribution >= 0.6 is 11.3 Å². The van der Waals surface area contributed by atoms with Crippen molar-refractivity contribution in [1.82, 2.24) is 15.8 Å². The van der Waals surface area contributed by atoms with Crippen LogP contribution in [0.4, 0.5) is 4.39 Å². The highest BCUT2D eigenvalue weighted by molar-refractivity contribution is 7.09. The lowest BCUT2D eigenvalue weighted by atomic mass is 10.3. The number of para-hydroxylation sites is 2. The minimum absolute atomic E-state index is 0.128. The van der Waals surface area contributed by atoms with E-state index in [1.807, 2.05) is 6.92 Å². The highest BCUT2D eigenvalue weighted by Gasteiger charge is 2.13. The Bertz CT molecular complexity index is 1030. The van der Waals surface area contributed by atoms with Crippen molar-refractivity contribution < 1.29 is 28.2 Å². The topological polar surface area (TPSA) is 98.8 Å². The van der Waals surface area contributed by atoms with Crippen LogP contribution in [0.2, 0.25) is 0 Å². The maximum atomic E-state index is 12.9. The molecule has 3 rings (SSSR count). The van der Waals surface area contributed by atoms with Crippen molar-refractivity contribution in [2.24, 2.45) is 0 Å². The average Bonchev–Trinajstić information content (AvgIpc) is 3.26. The standard InChI is InChI=1S/C21H20FN3O5S/c1-2-28-17-5-3-4-6-18(17)30-11-19(26)24-25-21(27)16-13-31-20(23-16)12-29-15-9-7-14(22)8-10-15/h3-10,13H,2,11-12H2,1H3,(H,24,26)(H,25,27). The second-order valence-corrected chi connectivity index (χ2v) is 6.98. The van der Waals surface area contributed by atoms with Crippen LogP contribution in [0.5, 0.6) is 17.2 Å². The SMILES string of the molecule is CCOc1ccccc1OCC(=O)NNC(=O)c1csc(COc2ccc(F)cc2)n1. The fraction of sp³-hybridized carbons (Fsp3) is 0.190. The van der Waals surface area contributed by atoms with Crippen LogP contribution < -0.4 is 25.1 Å². The Morgan fingerprint density at radius 2 is 1.71 bits per heavy atom. The zero-order chi connectivity index (χ0) is 22.1. The van der Waals surface area contributed by atoms with Crippen LogP contribution in [-0.2, 0) is 11.4 Å². The predicted octanol–water partition coefficient (Wildman–Crippen LogP) is 3.10. The average molecular weight is 445 g/mol. The first-order chi connectivity index (χ1) is 15.0. The van der Waals surface area contributed by atoms with E-state index in [4.69, 9.17) is 14.2 Å². The van der Waals surface area contributed by atoms with Gasteiger partial charge in [0.25, 0.3) is 11.8 Å². The second-order valence-electron chi connectivity index (χ2n) is 6.04. The lowest BCUT2D eigenvalue weighted by Gasteiger charge is -2.11. The van der Waals surface area contributed by atoms with E-state index in [0.29, 0.717) is 28.9 Å². The molecule has 0 aliphatic rings. The molecule has 0 spiro atoms. The molecule has 1 aromatic heterocycles. The minimum atomic E-state index is -0.577. The van der Waals surface area contributed by atoms with Gasteiger partial charge in [0.05, 0.1) is 6.61 Å². The van der Waals surface area contributed by atoms with Crippen LogP contribution in [0.3, 0.4) is 0 Å². The summed E-state index contributed by atoms with van der Waals surface area (Å²) >= 11 is 1.23. The molecule has 0 unspecified atom stereocenters. The first-order valence-corrected chi connectivity index (χ1v) is 10.2. The molecule has 2 aromatic carbocycles. The highest BCUT2D eigenvalue weighted by atomic mass is 32.1. The first kappa shape index (κ1) is 22.0. The molecule has 3 aromatic rings. The number of carbonyl (C=O) groups is 2. The largest absolute Gasteiger partial charge is 0.490 e. The monoisotopic (exact) mass is 445 g/mol. The number of amides is 2. The normalized spacial score (nSPS) is 10.3. The lowest BCUT2D eigenvalue weighted by molar-refractivity contribution is -0.123. The van der Waals surface area contributed by atoms with E-state index >= 15 is 0 Å². The van der Waals surface area contributed by atoms with Crippen molar-refractivity contribution in [2.75, 3.05) is 13.2 Å². The van der Waals surface area contributed by atoms with Gasteiger partial charge in [-0.25, -0.2) is 9.37 Å². The van der Waals surface area contributed by atoms with Crippen molar-refractivity contribution >= 4 is 23.2 Å². The van der Waals surface area contributed by atoms with Crippen LogP contribution in [0.25, 0.3) is 0 Å². The van der Waals surface area contributed by atoms with E-state index in [2.05, 4.69) is 15.8 Å². The molecule has 0 atom stereocenters. The number of aromatic nitrogens is 1. The van der Waals surface area contributed by atoms with Crippen molar-refractivity contribution in [3.8, 4) is 17.2 Å². The van der Waals surface area contributed by atoms with Crippen LogP contribution in [0.1, 0.15) is 22.4 Å². The van der Waals surface area contributed by atoms with Gasteiger partial charge in [0.1, 0.15) is 28.9 Å². The third-order valence-electron chi connectivity index (χ3n) is 3.78. The van der Waals surface area contributed by atoms with Gasteiger partial charge in [-0.05, 0) is 43.3 Å². The van der Waals surface area contributed by atoms with Crippen molar-refractivity contribution in [1.29, 1.82) is 0 Å². The molecule has 0 aliphatic heterocycles. The number of carbonyl (C=O) groups excluding carboxylic acids is 2. The molecule has 2 amide bonds. The molecule has 2 N–H and O–H groups in total. The second kappa shape index (κ2) is 10.9. The predicted molar refractivity (Wildman–Crippen MR) is 112 cm³/mol. The number of halogens is 1. The molecule has 10 heteroatoms. The molecular formula is C21H20FN3O5S. The summed E-state index contributed by atoms with van der Waals surface area (Å²) in [5.41, 5.74) is 4.68. The van der Waals surface area contributed by atoms with Gasteiger partial charge >= 0.3 is 0 Å². The first-order valence-electron chi connectivity index (χ1n) is 9.31. The Hall–Kier alpha value is -3.66. The third-order valence-corrected chi connectivity index (χ3v) is 4.61. The van der Waals surface area contributed by atoms with Crippen LogP contribution in [0.15, 0.2) is 53.9 Å². The number of benzene rings is 2. The smallest absolute Gasteiger partial charge is 0.289 e. The summed E-state index contributed by atoms with van der Waals surface area (Å²) in [6, 6.07) is 12.6. The van der Waals surface area contributed by atoms with Gasteiger partial charge in [0.2, 0.25) is 0 Å². The molecule has 31 heavy (non-hydrogen) atoms. The summed E-state index contributed by atoms with van der Waals surface area (Å²) in [7, 11) is 0. The van der Waals surface area contributed by atoms with Gasteiger partial charge in [-0.15, -0.1) is 11.3 Å². The van der Waals surface area contributed by atoms with E-state index < -0.39 is 11.8 Å². The number of nitrogens with one attached hydrogen (secondary N) is 2. The highest BCUT2D eigenvalue weighted by Crippen LogP contribution is 2.26. The van der Waals surface area contributed by atoms with E-state index in [1.165, 1.54) is 35.6 Å². The maximum absolute atomic E-state index is 12.9. The van der Waals surface area contributed by atoms with Gasteiger partial charge < -0.3 is 14.2 Å². The van der Waals surface area contributed by atoms with Crippen LogP contribution in [0, 0.1) is 5.82 Å². The third kappa shape index (κ3) is 6.68. The number of rotatable bonds is 9. The Morgan fingerprint density at radius 1 is 1.00 bits per heavy atom. The van der Waals surface area contributed by atoms with Gasteiger partial charge in [0, 0.05) is 5.38 Å². The Morgan fingerprint density at radius 3 is 2.42 bits per heavy atom.